The third-order valence-corrected chi connectivity index (χ3v) is 5.12. The molecule has 3 rings (SSSR count). The molecule has 0 aliphatic carbocycles. The van der Waals surface area contributed by atoms with Gasteiger partial charge < -0.3 is 4.52 Å². The van der Waals surface area contributed by atoms with E-state index in [0.29, 0.717) is 31.1 Å². The molecule has 0 unspecified atom stereocenters. The molecule has 0 fully saturated rings. The Morgan fingerprint density at radius 2 is 1.88 bits per heavy atom. The molecule has 0 aliphatic heterocycles. The van der Waals surface area contributed by atoms with Crippen LogP contribution in [0, 0.1) is 6.92 Å². The highest BCUT2D eigenvalue weighted by Crippen LogP contribution is 2.15. The highest BCUT2D eigenvalue weighted by atomic mass is 32.2. The fraction of sp³-hybridized carbons (Fsp3) is 0.222. The maximum atomic E-state index is 12.2. The van der Waals surface area contributed by atoms with Crippen molar-refractivity contribution >= 4 is 10.0 Å². The minimum atomic E-state index is -3.49. The molecule has 0 bridgehead atoms. The average molecular weight is 357 g/mol. The lowest BCUT2D eigenvalue weighted by Gasteiger charge is -2.06. The summed E-state index contributed by atoms with van der Waals surface area (Å²) < 4.78 is 32.3. The second-order valence-electron chi connectivity index (χ2n) is 5.70. The average Bonchev–Trinajstić information content (AvgIpc) is 3.08. The Morgan fingerprint density at radius 3 is 2.64 bits per heavy atom. The molecule has 7 heteroatoms. The van der Waals surface area contributed by atoms with Gasteiger partial charge in [0.05, 0.1) is 4.90 Å². The van der Waals surface area contributed by atoms with Crippen LogP contribution in [0.15, 0.2) is 64.0 Å². The number of sulfonamides is 1. The predicted molar refractivity (Wildman–Crippen MR) is 94.4 cm³/mol. The minimum Gasteiger partial charge on any atom is -0.339 e. The van der Waals surface area contributed by atoms with Crippen molar-refractivity contribution in [2.45, 2.75) is 24.7 Å². The minimum absolute atomic E-state index is 0.275. The molecule has 2 aromatic carbocycles. The SMILES string of the molecule is Cc1cccc(S(=O)(=O)NCCCc2nc(-c3ccccc3)no2)c1. The van der Waals surface area contributed by atoms with Crippen molar-refractivity contribution in [2.75, 3.05) is 6.54 Å². The van der Waals surface area contributed by atoms with Crippen molar-refractivity contribution in [3.05, 3.63) is 66.1 Å². The number of nitrogens with zero attached hydrogens (tertiary/aromatic N) is 2. The number of benzene rings is 2. The predicted octanol–water partition coefficient (Wildman–Crippen LogP) is 2.96. The topological polar surface area (TPSA) is 85.1 Å². The van der Waals surface area contributed by atoms with Crippen molar-refractivity contribution < 1.29 is 12.9 Å². The van der Waals surface area contributed by atoms with Crippen LogP contribution in [0.2, 0.25) is 0 Å². The van der Waals surface area contributed by atoms with Crippen LogP contribution >= 0.6 is 0 Å². The van der Waals surface area contributed by atoms with Crippen molar-refractivity contribution in [1.82, 2.24) is 14.9 Å². The Balaban J connectivity index is 1.53. The van der Waals surface area contributed by atoms with E-state index in [4.69, 9.17) is 4.52 Å². The second kappa shape index (κ2) is 7.58. The normalized spacial score (nSPS) is 11.6. The van der Waals surface area contributed by atoms with Crippen LogP contribution in [0.4, 0.5) is 0 Å². The molecule has 0 aliphatic rings. The van der Waals surface area contributed by atoms with Gasteiger partial charge in [-0.15, -0.1) is 0 Å². The summed E-state index contributed by atoms with van der Waals surface area (Å²) in [6.07, 6.45) is 1.08. The van der Waals surface area contributed by atoms with E-state index in [1.165, 1.54) is 0 Å². The van der Waals surface area contributed by atoms with Gasteiger partial charge in [-0.2, -0.15) is 4.98 Å². The highest BCUT2D eigenvalue weighted by molar-refractivity contribution is 7.89. The van der Waals surface area contributed by atoms with Gasteiger partial charge in [-0.1, -0.05) is 47.6 Å². The van der Waals surface area contributed by atoms with E-state index >= 15 is 0 Å². The molecule has 0 saturated heterocycles. The lowest BCUT2D eigenvalue weighted by molar-refractivity contribution is 0.376. The zero-order valence-corrected chi connectivity index (χ0v) is 14.7. The summed E-state index contributed by atoms with van der Waals surface area (Å²) in [5.74, 6) is 1.03. The van der Waals surface area contributed by atoms with Gasteiger partial charge in [-0.25, -0.2) is 13.1 Å². The van der Waals surface area contributed by atoms with Crippen molar-refractivity contribution in [1.29, 1.82) is 0 Å². The standard InChI is InChI=1S/C18H19N3O3S/c1-14-7-5-10-16(13-14)25(22,23)19-12-6-11-17-20-18(21-24-17)15-8-3-2-4-9-15/h2-5,7-10,13,19H,6,11-12H2,1H3. The van der Waals surface area contributed by atoms with Gasteiger partial charge in [0.15, 0.2) is 0 Å². The van der Waals surface area contributed by atoms with E-state index in [0.717, 1.165) is 11.1 Å². The molecule has 0 spiro atoms. The molecule has 25 heavy (non-hydrogen) atoms. The zero-order chi connectivity index (χ0) is 17.7. The van der Waals surface area contributed by atoms with Crippen LogP contribution in [0.25, 0.3) is 11.4 Å². The molecular weight excluding hydrogens is 338 g/mol. The quantitative estimate of drug-likeness (QED) is 0.657. The van der Waals surface area contributed by atoms with E-state index in [2.05, 4.69) is 14.9 Å². The largest absolute Gasteiger partial charge is 0.339 e. The lowest BCUT2D eigenvalue weighted by atomic mass is 10.2. The molecule has 0 saturated carbocycles. The van der Waals surface area contributed by atoms with Crippen LogP contribution in [-0.4, -0.2) is 25.1 Å². The van der Waals surface area contributed by atoms with Gasteiger partial charge in [-0.05, 0) is 31.0 Å². The first-order chi connectivity index (χ1) is 12.0. The zero-order valence-electron chi connectivity index (χ0n) is 13.8. The van der Waals surface area contributed by atoms with E-state index in [-0.39, 0.29) is 4.90 Å². The Hall–Kier alpha value is -2.51. The maximum absolute atomic E-state index is 12.2. The molecule has 1 heterocycles. The van der Waals surface area contributed by atoms with Crippen molar-refractivity contribution in [3.63, 3.8) is 0 Å². The van der Waals surface area contributed by atoms with E-state index in [1.807, 2.05) is 43.3 Å². The second-order valence-corrected chi connectivity index (χ2v) is 7.46. The van der Waals surface area contributed by atoms with E-state index < -0.39 is 10.0 Å². The van der Waals surface area contributed by atoms with E-state index in [9.17, 15) is 8.42 Å². The van der Waals surface area contributed by atoms with Crippen LogP contribution in [0.1, 0.15) is 17.9 Å². The van der Waals surface area contributed by atoms with Gasteiger partial charge in [0.25, 0.3) is 0 Å². The lowest BCUT2D eigenvalue weighted by Crippen LogP contribution is -2.25. The first kappa shape index (κ1) is 17.3. The summed E-state index contributed by atoms with van der Waals surface area (Å²) in [7, 11) is -3.49. The molecule has 6 nitrogen and oxygen atoms in total. The summed E-state index contributed by atoms with van der Waals surface area (Å²) in [4.78, 5) is 4.60. The molecule has 0 amide bonds. The smallest absolute Gasteiger partial charge is 0.240 e. The van der Waals surface area contributed by atoms with Crippen LogP contribution < -0.4 is 4.72 Å². The van der Waals surface area contributed by atoms with Gasteiger partial charge in [-0.3, -0.25) is 0 Å². The Morgan fingerprint density at radius 1 is 1.08 bits per heavy atom. The Labute approximate surface area is 147 Å². The van der Waals surface area contributed by atoms with Gasteiger partial charge >= 0.3 is 0 Å². The first-order valence-electron chi connectivity index (χ1n) is 7.99. The number of aryl methyl sites for hydroxylation is 2. The molecule has 1 N–H and O–H groups in total. The van der Waals surface area contributed by atoms with Crippen molar-refractivity contribution in [3.8, 4) is 11.4 Å². The number of nitrogens with one attached hydrogen (secondary N) is 1. The Kier molecular flexibility index (Phi) is 5.25. The summed E-state index contributed by atoms with van der Waals surface area (Å²) in [6.45, 7) is 2.16. The molecule has 1 aromatic heterocycles. The van der Waals surface area contributed by atoms with Gasteiger partial charge in [0.1, 0.15) is 0 Å². The molecule has 130 valence electrons. The molecular formula is C18H19N3O3S. The summed E-state index contributed by atoms with van der Waals surface area (Å²) >= 11 is 0. The Bertz CT molecular complexity index is 937. The van der Waals surface area contributed by atoms with Gasteiger partial charge in [0, 0.05) is 18.5 Å². The molecule has 0 radical (unpaired) electrons. The fourth-order valence-corrected chi connectivity index (χ4v) is 3.55. The molecule has 3 aromatic rings. The number of rotatable bonds is 7. The van der Waals surface area contributed by atoms with Crippen LogP contribution in [0.5, 0.6) is 0 Å². The van der Waals surface area contributed by atoms with E-state index in [1.54, 1.807) is 18.2 Å². The number of hydrogen-bond acceptors (Lipinski definition) is 5. The van der Waals surface area contributed by atoms with Crippen molar-refractivity contribution in [2.24, 2.45) is 0 Å². The number of hydrogen-bond donors (Lipinski definition) is 1. The highest BCUT2D eigenvalue weighted by Gasteiger charge is 2.14. The fourth-order valence-electron chi connectivity index (χ4n) is 2.37. The maximum Gasteiger partial charge on any atom is 0.240 e. The molecule has 0 atom stereocenters. The first-order valence-corrected chi connectivity index (χ1v) is 9.47. The third kappa shape index (κ3) is 4.52. The monoisotopic (exact) mass is 357 g/mol. The summed E-state index contributed by atoms with van der Waals surface area (Å²) in [5.41, 5.74) is 1.79. The van der Waals surface area contributed by atoms with Crippen LogP contribution in [-0.2, 0) is 16.4 Å². The summed E-state index contributed by atoms with van der Waals surface area (Å²) in [5, 5.41) is 3.95. The van der Waals surface area contributed by atoms with Crippen LogP contribution in [0.3, 0.4) is 0 Å². The van der Waals surface area contributed by atoms with Gasteiger partial charge in [0.2, 0.25) is 21.7 Å². The number of aromatic nitrogens is 2. The third-order valence-electron chi connectivity index (χ3n) is 3.66. The summed E-state index contributed by atoms with van der Waals surface area (Å²) in [6, 6.07) is 16.4.